The second-order valence-corrected chi connectivity index (χ2v) is 6.23. The fourth-order valence-electron chi connectivity index (χ4n) is 2.55. The van der Waals surface area contributed by atoms with E-state index in [2.05, 4.69) is 5.32 Å². The van der Waals surface area contributed by atoms with Gasteiger partial charge >= 0.3 is 0 Å². The summed E-state index contributed by atoms with van der Waals surface area (Å²) in [7, 11) is 3.18. The van der Waals surface area contributed by atoms with E-state index in [1.807, 2.05) is 25.1 Å². The SMILES string of the molecule is CC[C@H](NC(=O)[C@@H](C)Oc1ccc(Cl)cc1)c1ccc(OC)c(OC)c1. The molecule has 1 N–H and O–H groups in total. The lowest BCUT2D eigenvalue weighted by atomic mass is 10.0. The van der Waals surface area contributed by atoms with Crippen molar-refractivity contribution in [2.45, 2.75) is 32.4 Å². The normalized spacial score (nSPS) is 12.8. The Morgan fingerprint density at radius 2 is 1.73 bits per heavy atom. The smallest absolute Gasteiger partial charge is 0.261 e. The minimum absolute atomic E-state index is 0.154. The summed E-state index contributed by atoms with van der Waals surface area (Å²) in [6.07, 6.45) is 0.0971. The van der Waals surface area contributed by atoms with E-state index in [1.54, 1.807) is 45.4 Å². The van der Waals surface area contributed by atoms with Crippen LogP contribution in [0.5, 0.6) is 17.2 Å². The first-order valence-electron chi connectivity index (χ1n) is 8.43. The number of amides is 1. The maximum absolute atomic E-state index is 12.5. The number of methoxy groups -OCH3 is 2. The zero-order valence-corrected chi connectivity index (χ0v) is 16.2. The van der Waals surface area contributed by atoms with E-state index in [-0.39, 0.29) is 11.9 Å². The highest BCUT2D eigenvalue weighted by Crippen LogP contribution is 2.31. The Kier molecular flexibility index (Phi) is 7.16. The van der Waals surface area contributed by atoms with Gasteiger partial charge in [0, 0.05) is 5.02 Å². The van der Waals surface area contributed by atoms with E-state index in [0.717, 1.165) is 12.0 Å². The highest BCUT2D eigenvalue weighted by atomic mass is 35.5. The summed E-state index contributed by atoms with van der Waals surface area (Å²) in [5.74, 6) is 1.68. The summed E-state index contributed by atoms with van der Waals surface area (Å²) in [6, 6.07) is 12.4. The van der Waals surface area contributed by atoms with Crippen LogP contribution in [0.25, 0.3) is 0 Å². The third-order valence-corrected chi connectivity index (χ3v) is 4.28. The number of hydrogen-bond acceptors (Lipinski definition) is 4. The van der Waals surface area contributed by atoms with Crippen molar-refractivity contribution in [3.05, 3.63) is 53.1 Å². The maximum Gasteiger partial charge on any atom is 0.261 e. The lowest BCUT2D eigenvalue weighted by Gasteiger charge is -2.22. The van der Waals surface area contributed by atoms with Gasteiger partial charge in [0.2, 0.25) is 0 Å². The molecule has 0 heterocycles. The largest absolute Gasteiger partial charge is 0.493 e. The molecule has 0 radical (unpaired) electrons. The van der Waals surface area contributed by atoms with Crippen molar-refractivity contribution in [2.24, 2.45) is 0 Å². The van der Waals surface area contributed by atoms with Crippen LogP contribution in [0.2, 0.25) is 5.02 Å². The van der Waals surface area contributed by atoms with Gasteiger partial charge in [0.25, 0.3) is 5.91 Å². The molecular formula is C20H24ClNO4. The topological polar surface area (TPSA) is 56.8 Å². The molecule has 0 bridgehead atoms. The number of ether oxygens (including phenoxy) is 3. The van der Waals surface area contributed by atoms with Crippen molar-refractivity contribution in [3.63, 3.8) is 0 Å². The van der Waals surface area contributed by atoms with Crippen LogP contribution in [0.15, 0.2) is 42.5 Å². The van der Waals surface area contributed by atoms with Gasteiger partial charge < -0.3 is 19.5 Å². The lowest BCUT2D eigenvalue weighted by molar-refractivity contribution is -0.128. The van der Waals surface area contributed by atoms with Crippen molar-refractivity contribution < 1.29 is 19.0 Å². The lowest BCUT2D eigenvalue weighted by Crippen LogP contribution is -2.38. The van der Waals surface area contributed by atoms with E-state index in [0.29, 0.717) is 22.3 Å². The molecular weight excluding hydrogens is 354 g/mol. The van der Waals surface area contributed by atoms with E-state index in [4.69, 9.17) is 25.8 Å². The first-order valence-corrected chi connectivity index (χ1v) is 8.80. The minimum Gasteiger partial charge on any atom is -0.493 e. The number of carbonyl (C=O) groups excluding carboxylic acids is 1. The van der Waals surface area contributed by atoms with Crippen LogP contribution >= 0.6 is 11.6 Å². The molecule has 0 spiro atoms. The Morgan fingerprint density at radius 3 is 2.31 bits per heavy atom. The Morgan fingerprint density at radius 1 is 1.08 bits per heavy atom. The van der Waals surface area contributed by atoms with E-state index in [1.165, 1.54) is 0 Å². The third-order valence-electron chi connectivity index (χ3n) is 4.03. The van der Waals surface area contributed by atoms with Crippen LogP contribution in [0.3, 0.4) is 0 Å². The number of benzene rings is 2. The van der Waals surface area contributed by atoms with Crippen molar-refractivity contribution >= 4 is 17.5 Å². The number of nitrogens with one attached hydrogen (secondary N) is 1. The highest BCUT2D eigenvalue weighted by Gasteiger charge is 2.20. The quantitative estimate of drug-likeness (QED) is 0.741. The van der Waals surface area contributed by atoms with Crippen LogP contribution in [0.1, 0.15) is 31.9 Å². The fourth-order valence-corrected chi connectivity index (χ4v) is 2.68. The van der Waals surface area contributed by atoms with Crippen LogP contribution in [0, 0.1) is 0 Å². The van der Waals surface area contributed by atoms with Gasteiger partial charge in [-0.3, -0.25) is 4.79 Å². The molecule has 0 aromatic heterocycles. The second-order valence-electron chi connectivity index (χ2n) is 5.80. The van der Waals surface area contributed by atoms with Gasteiger partial charge in [0.15, 0.2) is 17.6 Å². The summed E-state index contributed by atoms with van der Waals surface area (Å²) < 4.78 is 16.3. The second kappa shape index (κ2) is 9.34. The predicted molar refractivity (Wildman–Crippen MR) is 102 cm³/mol. The van der Waals surface area contributed by atoms with Gasteiger partial charge in [-0.05, 0) is 55.3 Å². The predicted octanol–water partition coefficient (Wildman–Crippen LogP) is 4.39. The van der Waals surface area contributed by atoms with Crippen molar-refractivity contribution in [1.29, 1.82) is 0 Å². The van der Waals surface area contributed by atoms with Crippen LogP contribution < -0.4 is 19.5 Å². The average Bonchev–Trinajstić information content (AvgIpc) is 2.67. The Bertz CT molecular complexity index is 733. The molecule has 2 aromatic rings. The molecule has 1 amide bonds. The molecule has 2 atom stereocenters. The van der Waals surface area contributed by atoms with E-state index in [9.17, 15) is 4.79 Å². The molecule has 26 heavy (non-hydrogen) atoms. The van der Waals surface area contributed by atoms with Gasteiger partial charge in [-0.1, -0.05) is 24.6 Å². The van der Waals surface area contributed by atoms with Crippen molar-refractivity contribution in [2.75, 3.05) is 14.2 Å². The molecule has 0 aliphatic carbocycles. The van der Waals surface area contributed by atoms with Crippen molar-refractivity contribution in [3.8, 4) is 17.2 Å². The summed E-state index contributed by atoms with van der Waals surface area (Å²) in [5.41, 5.74) is 0.942. The first-order chi connectivity index (χ1) is 12.5. The van der Waals surface area contributed by atoms with Gasteiger partial charge in [0.05, 0.1) is 20.3 Å². The Labute approximate surface area is 159 Å². The molecule has 0 saturated carbocycles. The third kappa shape index (κ3) is 5.05. The molecule has 2 rings (SSSR count). The van der Waals surface area contributed by atoms with Crippen LogP contribution in [-0.2, 0) is 4.79 Å². The maximum atomic E-state index is 12.5. The van der Waals surface area contributed by atoms with Gasteiger partial charge in [0.1, 0.15) is 5.75 Å². The number of halogens is 1. The van der Waals surface area contributed by atoms with Gasteiger partial charge in [-0.2, -0.15) is 0 Å². The molecule has 2 aromatic carbocycles. The zero-order chi connectivity index (χ0) is 19.1. The summed E-state index contributed by atoms with van der Waals surface area (Å²) >= 11 is 5.86. The molecule has 0 aliphatic rings. The van der Waals surface area contributed by atoms with Gasteiger partial charge in [-0.25, -0.2) is 0 Å². The summed E-state index contributed by atoms with van der Waals surface area (Å²) in [5, 5.41) is 3.64. The van der Waals surface area contributed by atoms with Crippen LogP contribution in [-0.4, -0.2) is 26.2 Å². The summed E-state index contributed by atoms with van der Waals surface area (Å²) in [6.45, 7) is 3.72. The van der Waals surface area contributed by atoms with Crippen LogP contribution in [0.4, 0.5) is 0 Å². The Balaban J connectivity index is 2.06. The fraction of sp³-hybridized carbons (Fsp3) is 0.350. The molecule has 0 fully saturated rings. The number of hydrogen-bond donors (Lipinski definition) is 1. The molecule has 5 nitrogen and oxygen atoms in total. The monoisotopic (exact) mass is 377 g/mol. The molecule has 0 saturated heterocycles. The molecule has 0 aliphatic heterocycles. The average molecular weight is 378 g/mol. The standard InChI is InChI=1S/C20H24ClNO4/c1-5-17(14-6-11-18(24-3)19(12-14)25-4)22-20(23)13(2)26-16-9-7-15(21)8-10-16/h6-13,17H,5H2,1-4H3,(H,22,23)/t13-,17+/m1/s1. The van der Waals surface area contributed by atoms with E-state index < -0.39 is 6.10 Å². The highest BCUT2D eigenvalue weighted by molar-refractivity contribution is 6.30. The van der Waals surface area contributed by atoms with E-state index >= 15 is 0 Å². The first kappa shape index (κ1) is 19.9. The minimum atomic E-state index is -0.634. The number of rotatable bonds is 8. The van der Waals surface area contributed by atoms with Crippen molar-refractivity contribution in [1.82, 2.24) is 5.32 Å². The Hall–Kier alpha value is -2.40. The molecule has 140 valence electrons. The zero-order valence-electron chi connectivity index (χ0n) is 15.4. The number of carbonyl (C=O) groups is 1. The molecule has 6 heteroatoms. The summed E-state index contributed by atoms with van der Waals surface area (Å²) in [4.78, 5) is 12.5. The molecule has 0 unspecified atom stereocenters. The van der Waals surface area contributed by atoms with Gasteiger partial charge in [-0.15, -0.1) is 0 Å².